The molecule has 7 heteroatoms. The monoisotopic (exact) mass is 519 g/mol. The summed E-state index contributed by atoms with van der Waals surface area (Å²) in [5.41, 5.74) is 3.39. The first-order valence-electron chi connectivity index (χ1n) is 11.7. The molecule has 4 nitrogen and oxygen atoms in total. The molecule has 0 unspecified atom stereocenters. The number of thioether (sulfide) groups is 2. The van der Waals surface area contributed by atoms with E-state index in [0.717, 1.165) is 44.2 Å². The number of carbonyl (C=O) groups excluding carboxylic acids is 1. The van der Waals surface area contributed by atoms with Gasteiger partial charge in [0.05, 0.1) is 11.7 Å². The first-order valence-corrected chi connectivity index (χ1v) is 13.7. The largest absolute Gasteiger partial charge is 0.334 e. The van der Waals surface area contributed by atoms with Gasteiger partial charge in [0.25, 0.3) is 5.91 Å². The summed E-state index contributed by atoms with van der Waals surface area (Å²) in [6.45, 7) is 5.52. The minimum absolute atomic E-state index is 0.0183. The van der Waals surface area contributed by atoms with E-state index in [1.807, 2.05) is 59.5 Å². The molecule has 0 bridgehead atoms. The van der Waals surface area contributed by atoms with Crippen molar-refractivity contribution >= 4 is 51.9 Å². The normalized spacial score (nSPS) is 19.5. The van der Waals surface area contributed by atoms with Gasteiger partial charge in [-0.15, -0.1) is 0 Å². The Labute approximate surface area is 220 Å². The summed E-state index contributed by atoms with van der Waals surface area (Å²) in [7, 11) is 0. The maximum atomic E-state index is 13.8. The Morgan fingerprint density at radius 3 is 2.37 bits per heavy atom. The van der Waals surface area contributed by atoms with Crippen LogP contribution in [0.5, 0.6) is 0 Å². The second-order valence-electron chi connectivity index (χ2n) is 8.39. The summed E-state index contributed by atoms with van der Waals surface area (Å²) in [5, 5.41) is 2.42. The lowest BCUT2D eigenvalue weighted by Crippen LogP contribution is -2.32. The number of nitrogens with zero attached hydrogens (tertiary/aromatic N) is 3. The fourth-order valence-corrected chi connectivity index (χ4v) is 6.85. The molecule has 1 saturated heterocycles. The summed E-state index contributed by atoms with van der Waals surface area (Å²) in [6, 6.07) is 26.3. The SMILES string of the molecule is CCN1/C(=C2/SC(=N[C@H](C)c3ccccc3)N(CCc3ccccc3)C2=O)Sc2ccc(Cl)cc21. The third-order valence-corrected chi connectivity index (χ3v) is 8.72. The van der Waals surface area contributed by atoms with E-state index in [1.54, 1.807) is 11.8 Å². The Bertz CT molecular complexity index is 1290. The van der Waals surface area contributed by atoms with Crippen LogP contribution in [0.4, 0.5) is 5.69 Å². The molecule has 0 aromatic heterocycles. The molecule has 1 atom stereocenters. The first-order chi connectivity index (χ1) is 17.0. The van der Waals surface area contributed by atoms with Crippen LogP contribution in [0.25, 0.3) is 0 Å². The highest BCUT2D eigenvalue weighted by Crippen LogP contribution is 2.51. The molecule has 1 fully saturated rings. The van der Waals surface area contributed by atoms with Gasteiger partial charge in [0, 0.05) is 23.0 Å². The Morgan fingerprint density at radius 2 is 1.66 bits per heavy atom. The van der Waals surface area contributed by atoms with Crippen molar-refractivity contribution in [2.75, 3.05) is 18.0 Å². The third-order valence-electron chi connectivity index (χ3n) is 6.09. The van der Waals surface area contributed by atoms with Gasteiger partial charge in [-0.05, 0) is 61.4 Å². The first kappa shape index (κ1) is 24.0. The van der Waals surface area contributed by atoms with Gasteiger partial charge in [0.1, 0.15) is 9.93 Å². The van der Waals surface area contributed by atoms with Crippen LogP contribution in [0, 0.1) is 0 Å². The number of anilines is 1. The predicted octanol–water partition coefficient (Wildman–Crippen LogP) is 7.38. The molecule has 0 N–H and O–H groups in total. The Balaban J connectivity index is 1.50. The lowest BCUT2D eigenvalue weighted by Gasteiger charge is -2.19. The van der Waals surface area contributed by atoms with Crippen molar-refractivity contribution in [1.82, 2.24) is 4.90 Å². The summed E-state index contributed by atoms with van der Waals surface area (Å²) in [5.74, 6) is 0.0183. The number of aliphatic imine (C=N–C) groups is 1. The number of amides is 1. The standard InChI is InChI=1S/C28H26ClN3OS2/c1-3-31-23-18-22(29)14-15-24(23)34-27(31)25-26(33)32(17-16-20-10-6-4-7-11-20)28(35-25)30-19(2)21-12-8-5-9-13-21/h4-15,18-19H,3,16-17H2,1-2H3/b27-25-,30-28?/t19-/m1/s1. The number of rotatable bonds is 6. The van der Waals surface area contributed by atoms with Gasteiger partial charge in [-0.2, -0.15) is 0 Å². The molecule has 2 heterocycles. The van der Waals surface area contributed by atoms with Crippen molar-refractivity contribution < 1.29 is 4.79 Å². The highest BCUT2D eigenvalue weighted by molar-refractivity contribution is 8.19. The molecule has 5 rings (SSSR count). The van der Waals surface area contributed by atoms with E-state index in [-0.39, 0.29) is 11.9 Å². The van der Waals surface area contributed by atoms with Crippen LogP contribution in [0.1, 0.15) is 31.0 Å². The molecule has 0 saturated carbocycles. The van der Waals surface area contributed by atoms with Crippen molar-refractivity contribution in [3.63, 3.8) is 0 Å². The zero-order valence-corrected chi connectivity index (χ0v) is 22.0. The topological polar surface area (TPSA) is 35.9 Å². The van der Waals surface area contributed by atoms with Crippen molar-refractivity contribution in [3.8, 4) is 0 Å². The fourth-order valence-electron chi connectivity index (χ4n) is 4.22. The van der Waals surface area contributed by atoms with E-state index >= 15 is 0 Å². The van der Waals surface area contributed by atoms with Gasteiger partial charge >= 0.3 is 0 Å². The summed E-state index contributed by atoms with van der Waals surface area (Å²) < 4.78 is 0. The van der Waals surface area contributed by atoms with Crippen LogP contribution in [0.3, 0.4) is 0 Å². The van der Waals surface area contributed by atoms with E-state index in [4.69, 9.17) is 16.6 Å². The molecule has 0 spiro atoms. The lowest BCUT2D eigenvalue weighted by atomic mass is 10.1. The second kappa shape index (κ2) is 10.5. The highest BCUT2D eigenvalue weighted by Gasteiger charge is 2.39. The summed E-state index contributed by atoms with van der Waals surface area (Å²) in [6.07, 6.45) is 0.773. The van der Waals surface area contributed by atoms with Gasteiger partial charge in [-0.3, -0.25) is 14.7 Å². The van der Waals surface area contributed by atoms with Gasteiger partial charge in [-0.1, -0.05) is 84.0 Å². The Hall–Kier alpha value is -2.67. The molecule has 3 aromatic carbocycles. The number of carbonyl (C=O) groups is 1. The van der Waals surface area contributed by atoms with Gasteiger partial charge in [-0.25, -0.2) is 0 Å². The molecule has 2 aliphatic heterocycles. The lowest BCUT2D eigenvalue weighted by molar-refractivity contribution is -0.122. The van der Waals surface area contributed by atoms with Crippen LogP contribution >= 0.6 is 35.1 Å². The van der Waals surface area contributed by atoms with E-state index in [9.17, 15) is 4.79 Å². The Kier molecular flexibility index (Phi) is 7.23. The van der Waals surface area contributed by atoms with E-state index in [0.29, 0.717) is 11.6 Å². The highest BCUT2D eigenvalue weighted by atomic mass is 35.5. The number of hydrogen-bond donors (Lipinski definition) is 0. The van der Waals surface area contributed by atoms with Gasteiger partial charge < -0.3 is 4.90 Å². The van der Waals surface area contributed by atoms with Crippen LogP contribution in [-0.4, -0.2) is 29.1 Å². The third kappa shape index (κ3) is 5.01. The Morgan fingerprint density at radius 1 is 0.943 bits per heavy atom. The predicted molar refractivity (Wildman–Crippen MR) is 149 cm³/mol. The molecule has 178 valence electrons. The minimum atomic E-state index is -0.0513. The average Bonchev–Trinajstić information content (AvgIpc) is 3.39. The summed E-state index contributed by atoms with van der Waals surface area (Å²) in [4.78, 5) is 24.7. The van der Waals surface area contributed by atoms with Gasteiger partial charge in [0.15, 0.2) is 5.17 Å². The van der Waals surface area contributed by atoms with Crippen molar-refractivity contribution in [3.05, 3.63) is 105 Å². The van der Waals surface area contributed by atoms with Crippen molar-refractivity contribution in [2.45, 2.75) is 31.2 Å². The van der Waals surface area contributed by atoms with E-state index in [1.165, 1.54) is 17.3 Å². The van der Waals surface area contributed by atoms with Crippen molar-refractivity contribution in [2.24, 2.45) is 4.99 Å². The maximum Gasteiger partial charge on any atom is 0.269 e. The number of halogens is 1. The molecular weight excluding hydrogens is 494 g/mol. The zero-order chi connectivity index (χ0) is 24.4. The van der Waals surface area contributed by atoms with Crippen LogP contribution < -0.4 is 4.90 Å². The number of amidine groups is 1. The van der Waals surface area contributed by atoms with E-state index in [2.05, 4.69) is 43.0 Å². The molecule has 35 heavy (non-hydrogen) atoms. The summed E-state index contributed by atoms with van der Waals surface area (Å²) >= 11 is 9.41. The number of hydrogen-bond acceptors (Lipinski definition) is 5. The number of fused-ring (bicyclic) bond motifs is 1. The van der Waals surface area contributed by atoms with Crippen molar-refractivity contribution in [1.29, 1.82) is 0 Å². The maximum absolute atomic E-state index is 13.8. The van der Waals surface area contributed by atoms with Crippen LogP contribution in [0.2, 0.25) is 5.02 Å². The molecule has 1 amide bonds. The molecule has 0 radical (unpaired) electrons. The minimum Gasteiger partial charge on any atom is -0.334 e. The quantitative estimate of drug-likeness (QED) is 0.318. The fraction of sp³-hybridized carbons (Fsp3) is 0.214. The van der Waals surface area contributed by atoms with E-state index < -0.39 is 0 Å². The van der Waals surface area contributed by atoms with Gasteiger partial charge in [0.2, 0.25) is 0 Å². The van der Waals surface area contributed by atoms with Crippen LogP contribution in [0.15, 0.2) is 98.7 Å². The average molecular weight is 520 g/mol. The second-order valence-corrected chi connectivity index (χ2v) is 10.8. The molecule has 3 aromatic rings. The number of benzene rings is 3. The molecular formula is C28H26ClN3OS2. The smallest absolute Gasteiger partial charge is 0.269 e. The zero-order valence-electron chi connectivity index (χ0n) is 19.6. The molecule has 2 aliphatic rings. The molecule has 0 aliphatic carbocycles. The van der Waals surface area contributed by atoms with Crippen LogP contribution in [-0.2, 0) is 11.2 Å².